The number of hydrogen-bond donors (Lipinski definition) is 0. The largest absolute Gasteiger partial charge is 0.493 e. The van der Waals surface area contributed by atoms with Gasteiger partial charge in [-0.3, -0.25) is 0 Å². The number of ether oxygens (including phenoxy) is 2. The van der Waals surface area contributed by atoms with Crippen molar-refractivity contribution in [1.82, 2.24) is 9.55 Å². The molecule has 33 heavy (non-hydrogen) atoms. The third kappa shape index (κ3) is 7.22. The third-order valence-corrected chi connectivity index (χ3v) is 5.61. The minimum Gasteiger partial charge on any atom is -0.493 e. The Bertz CT molecular complexity index is 1100. The van der Waals surface area contributed by atoms with Crippen LogP contribution in [-0.2, 0) is 28.8 Å². The van der Waals surface area contributed by atoms with E-state index in [1.165, 1.54) is 7.11 Å². The van der Waals surface area contributed by atoms with Crippen LogP contribution in [0.15, 0.2) is 75.9 Å². The lowest BCUT2D eigenvalue weighted by molar-refractivity contribution is -0.144. The van der Waals surface area contributed by atoms with Gasteiger partial charge in [-0.15, -0.1) is 0 Å². The van der Waals surface area contributed by atoms with Gasteiger partial charge in [0.25, 0.3) is 0 Å². The van der Waals surface area contributed by atoms with E-state index >= 15 is 0 Å². The van der Waals surface area contributed by atoms with Crippen molar-refractivity contribution in [3.05, 3.63) is 94.4 Å². The van der Waals surface area contributed by atoms with Crippen molar-refractivity contribution in [2.24, 2.45) is 0 Å². The van der Waals surface area contributed by atoms with Crippen LogP contribution in [0.2, 0.25) is 0 Å². The molecule has 0 spiro atoms. The first kappa shape index (κ1) is 24.6. The van der Waals surface area contributed by atoms with E-state index in [1.807, 2.05) is 85.4 Å². The summed E-state index contributed by atoms with van der Waals surface area (Å²) in [7, 11) is 1.41. The Hall–Kier alpha value is -3.06. The van der Waals surface area contributed by atoms with E-state index in [0.717, 1.165) is 27.2 Å². The quantitative estimate of drug-likeness (QED) is 0.240. The Morgan fingerprint density at radius 3 is 2.70 bits per heavy atom. The zero-order valence-corrected chi connectivity index (χ0v) is 20.7. The second-order valence-corrected chi connectivity index (χ2v) is 8.45. The summed E-state index contributed by atoms with van der Waals surface area (Å²) in [6.07, 6.45) is 13.5. The lowest BCUT2D eigenvalue weighted by atomic mass is 10.1. The van der Waals surface area contributed by atoms with E-state index in [0.29, 0.717) is 31.8 Å². The minimum atomic E-state index is -0.426. The van der Waals surface area contributed by atoms with Gasteiger partial charge in [-0.2, -0.15) is 0 Å². The fourth-order valence-corrected chi connectivity index (χ4v) is 3.76. The molecule has 0 N–H and O–H groups in total. The van der Waals surface area contributed by atoms with Crippen molar-refractivity contribution >= 4 is 21.9 Å². The molecule has 0 saturated heterocycles. The Balaban J connectivity index is 1.53. The molecule has 0 amide bonds. The third-order valence-electron chi connectivity index (χ3n) is 5.14. The predicted octanol–water partition coefficient (Wildman–Crippen LogP) is 5.80. The first-order valence-electron chi connectivity index (χ1n) is 10.9. The van der Waals surface area contributed by atoms with E-state index in [2.05, 4.69) is 20.9 Å². The molecular formula is C26H29BrN2O4. The second-order valence-electron chi connectivity index (χ2n) is 7.53. The summed E-state index contributed by atoms with van der Waals surface area (Å²) in [6, 6.07) is 9.25. The predicted molar refractivity (Wildman–Crippen MR) is 131 cm³/mol. The van der Waals surface area contributed by atoms with Gasteiger partial charge < -0.3 is 18.5 Å². The Morgan fingerprint density at radius 1 is 1.24 bits per heavy atom. The van der Waals surface area contributed by atoms with Crippen LogP contribution in [0.3, 0.4) is 0 Å². The van der Waals surface area contributed by atoms with E-state index in [-0.39, 0.29) is 5.97 Å². The maximum atomic E-state index is 12.3. The van der Waals surface area contributed by atoms with Crippen molar-refractivity contribution in [2.45, 2.75) is 39.2 Å². The van der Waals surface area contributed by atoms with Crippen LogP contribution in [0.5, 0.6) is 5.75 Å². The number of halogens is 1. The lowest BCUT2D eigenvalue weighted by Crippen LogP contribution is -2.22. The van der Waals surface area contributed by atoms with Crippen LogP contribution in [0.1, 0.15) is 35.9 Å². The molecule has 0 saturated carbocycles. The van der Waals surface area contributed by atoms with Crippen LogP contribution in [0, 0.1) is 6.92 Å². The maximum Gasteiger partial charge on any atom is 0.329 e. The molecule has 3 aromatic rings. The molecular weight excluding hydrogens is 484 g/mol. The second kappa shape index (κ2) is 12.3. The molecule has 2 heterocycles. The van der Waals surface area contributed by atoms with E-state index in [9.17, 15) is 4.79 Å². The first-order valence-corrected chi connectivity index (χ1v) is 11.6. The summed E-state index contributed by atoms with van der Waals surface area (Å²) in [5, 5.41) is 0. The Kier molecular flexibility index (Phi) is 9.13. The minimum absolute atomic E-state index is 0.280. The van der Waals surface area contributed by atoms with Gasteiger partial charge in [0.1, 0.15) is 17.6 Å². The van der Waals surface area contributed by atoms with Crippen molar-refractivity contribution in [3.8, 4) is 5.75 Å². The highest BCUT2D eigenvalue weighted by Gasteiger charge is 2.21. The molecule has 1 unspecified atom stereocenters. The lowest BCUT2D eigenvalue weighted by Gasteiger charge is -2.17. The molecule has 7 heteroatoms. The summed E-state index contributed by atoms with van der Waals surface area (Å²) >= 11 is 3.42. The van der Waals surface area contributed by atoms with Crippen LogP contribution in [0.25, 0.3) is 0 Å². The number of aromatic nitrogens is 2. The number of rotatable bonds is 11. The topological polar surface area (TPSA) is 66.5 Å². The van der Waals surface area contributed by atoms with Crippen LogP contribution in [0.4, 0.5) is 0 Å². The number of benzene rings is 1. The zero-order chi connectivity index (χ0) is 23.6. The average Bonchev–Trinajstić information content (AvgIpc) is 3.40. The number of carbonyl (C=O) groups is 1. The highest BCUT2D eigenvalue weighted by atomic mass is 79.9. The van der Waals surface area contributed by atoms with E-state index in [4.69, 9.17) is 13.9 Å². The zero-order valence-electron chi connectivity index (χ0n) is 19.2. The number of nitrogens with zero attached hydrogens (tertiary/aromatic N) is 2. The van der Waals surface area contributed by atoms with Gasteiger partial charge >= 0.3 is 5.97 Å². The highest BCUT2D eigenvalue weighted by Crippen LogP contribution is 2.22. The van der Waals surface area contributed by atoms with Gasteiger partial charge in [0.2, 0.25) is 0 Å². The summed E-state index contributed by atoms with van der Waals surface area (Å²) in [4.78, 5) is 16.9. The Morgan fingerprint density at radius 2 is 2.03 bits per heavy atom. The number of oxazole rings is 1. The molecule has 6 nitrogen and oxygen atoms in total. The molecule has 0 aliphatic heterocycles. The van der Waals surface area contributed by atoms with Crippen LogP contribution >= 0.6 is 15.9 Å². The van der Waals surface area contributed by atoms with Crippen molar-refractivity contribution in [3.63, 3.8) is 0 Å². The monoisotopic (exact) mass is 512 g/mol. The SMILES string of the molecule is C/C=C\C=C/Cc1nc(CCOc2ccc(CC(C(=O)OC)n3ccc(Br)c3)cc2)c(C)o1. The molecule has 0 radical (unpaired) electrons. The maximum absolute atomic E-state index is 12.3. The smallest absolute Gasteiger partial charge is 0.329 e. The van der Waals surface area contributed by atoms with Gasteiger partial charge in [-0.1, -0.05) is 36.4 Å². The van der Waals surface area contributed by atoms with Crippen LogP contribution < -0.4 is 4.74 Å². The standard InChI is InChI=1S/C26H29BrN2O4/c1-4-5-6-7-8-25-28-23(19(2)33-25)14-16-32-22-11-9-20(10-12-22)17-24(26(30)31-3)29-15-13-21(27)18-29/h4-7,9-13,15,18,24H,8,14,16-17H2,1-3H3/b5-4-,7-6-. The number of esters is 1. The molecule has 0 fully saturated rings. The van der Waals surface area contributed by atoms with Crippen LogP contribution in [-0.4, -0.2) is 29.2 Å². The van der Waals surface area contributed by atoms with Gasteiger partial charge in [0.05, 0.1) is 19.4 Å². The van der Waals surface area contributed by atoms with Gasteiger partial charge in [0.15, 0.2) is 5.89 Å². The Labute approximate surface area is 203 Å². The molecule has 1 aromatic carbocycles. The van der Waals surface area contributed by atoms with Crippen molar-refractivity contribution in [2.75, 3.05) is 13.7 Å². The molecule has 0 aliphatic carbocycles. The molecule has 0 aliphatic rings. The highest BCUT2D eigenvalue weighted by molar-refractivity contribution is 9.10. The number of aryl methyl sites for hydroxylation is 1. The average molecular weight is 513 g/mol. The summed E-state index contributed by atoms with van der Waals surface area (Å²) in [5.74, 6) is 2.03. The molecule has 2 aromatic heterocycles. The van der Waals surface area contributed by atoms with Crippen molar-refractivity contribution in [1.29, 1.82) is 0 Å². The fraction of sp³-hybridized carbons (Fsp3) is 0.308. The number of methoxy groups -OCH3 is 1. The molecule has 1 atom stereocenters. The molecule has 174 valence electrons. The first-order chi connectivity index (χ1) is 16.0. The molecule has 3 rings (SSSR count). The number of hydrogen-bond acceptors (Lipinski definition) is 5. The van der Waals surface area contributed by atoms with E-state index in [1.54, 1.807) is 0 Å². The molecule has 0 bridgehead atoms. The van der Waals surface area contributed by atoms with Gasteiger partial charge in [-0.05, 0) is 53.5 Å². The fourth-order valence-electron chi connectivity index (χ4n) is 3.40. The number of allylic oxidation sites excluding steroid dienone is 4. The summed E-state index contributed by atoms with van der Waals surface area (Å²) in [6.45, 7) is 4.41. The summed E-state index contributed by atoms with van der Waals surface area (Å²) in [5.41, 5.74) is 1.94. The van der Waals surface area contributed by atoms with Gasteiger partial charge in [-0.25, -0.2) is 9.78 Å². The number of carbonyl (C=O) groups excluding carboxylic acids is 1. The normalized spacial score (nSPS) is 12.5. The summed E-state index contributed by atoms with van der Waals surface area (Å²) < 4.78 is 19.4. The van der Waals surface area contributed by atoms with Crippen molar-refractivity contribution < 1.29 is 18.7 Å². The van der Waals surface area contributed by atoms with E-state index < -0.39 is 6.04 Å². The van der Waals surface area contributed by atoms with Gasteiger partial charge in [0, 0.05) is 36.1 Å².